The van der Waals surface area contributed by atoms with Crippen LogP contribution in [0.3, 0.4) is 0 Å². The molecule has 1 atom stereocenters. The zero-order valence-electron chi connectivity index (χ0n) is 6.00. The minimum absolute atomic E-state index is 0.179. The Labute approximate surface area is 60.2 Å². The van der Waals surface area contributed by atoms with Gasteiger partial charge in [-0.1, -0.05) is 0 Å². The van der Waals surface area contributed by atoms with Gasteiger partial charge in [0.25, 0.3) is 0 Å². The summed E-state index contributed by atoms with van der Waals surface area (Å²) >= 11 is 0. The number of hydrogen-bond donors (Lipinski definition) is 0. The van der Waals surface area contributed by atoms with Crippen molar-refractivity contribution in [1.29, 1.82) is 5.26 Å². The molecule has 0 saturated carbocycles. The lowest BCUT2D eigenvalue weighted by molar-refractivity contribution is -0.122. The van der Waals surface area contributed by atoms with E-state index in [9.17, 15) is 4.79 Å². The number of hydrogen-bond acceptors (Lipinski definition) is 3. The van der Waals surface area contributed by atoms with E-state index >= 15 is 0 Å². The van der Waals surface area contributed by atoms with Crippen LogP contribution >= 0.6 is 0 Å². The summed E-state index contributed by atoms with van der Waals surface area (Å²) < 4.78 is 0. The molecule has 1 rings (SSSR count). The number of ketones is 1. The number of likely N-dealkylation sites (tertiary alicyclic amines) is 1. The van der Waals surface area contributed by atoms with Crippen molar-refractivity contribution in [2.24, 2.45) is 0 Å². The van der Waals surface area contributed by atoms with Crippen molar-refractivity contribution < 1.29 is 4.79 Å². The van der Waals surface area contributed by atoms with Gasteiger partial charge in [-0.3, -0.25) is 9.69 Å². The molecule has 1 heterocycles. The molecule has 1 fully saturated rings. The molecule has 0 aromatic heterocycles. The number of carbonyl (C=O) groups excluding carboxylic acids is 1. The quantitative estimate of drug-likeness (QED) is 0.479. The Morgan fingerprint density at radius 1 is 1.80 bits per heavy atom. The van der Waals surface area contributed by atoms with Crippen LogP contribution in [-0.4, -0.2) is 30.3 Å². The van der Waals surface area contributed by atoms with Gasteiger partial charge in [0, 0.05) is 19.4 Å². The molecule has 1 saturated heterocycles. The van der Waals surface area contributed by atoms with Crippen LogP contribution in [0.4, 0.5) is 0 Å². The number of nitrogens with zero attached hydrogens (tertiary/aromatic N) is 2. The summed E-state index contributed by atoms with van der Waals surface area (Å²) in [6, 6.07) is 1.91. The van der Waals surface area contributed by atoms with E-state index in [1.165, 1.54) is 0 Å². The number of Topliss-reactive ketones (excluding diaryl/α,β-unsaturated/α-hetero) is 1. The molecule has 0 N–H and O–H groups in total. The molecular weight excluding hydrogens is 128 g/mol. The lowest BCUT2D eigenvalue weighted by atomic mass is 10.0. The fraction of sp³-hybridized carbons (Fsp3) is 0.714. The number of rotatable bonds is 0. The smallest absolute Gasteiger partial charge is 0.136 e. The molecule has 0 aromatic rings. The Hall–Kier alpha value is -0.880. The molecule has 10 heavy (non-hydrogen) atoms. The lowest BCUT2D eigenvalue weighted by Gasteiger charge is -2.25. The second kappa shape index (κ2) is 2.80. The van der Waals surface area contributed by atoms with Gasteiger partial charge in [-0.05, 0) is 7.05 Å². The topological polar surface area (TPSA) is 44.1 Å². The van der Waals surface area contributed by atoms with E-state index in [-0.39, 0.29) is 11.8 Å². The lowest BCUT2D eigenvalue weighted by Crippen LogP contribution is -2.38. The molecule has 0 aliphatic carbocycles. The first-order valence-corrected chi connectivity index (χ1v) is 3.35. The van der Waals surface area contributed by atoms with Crippen molar-refractivity contribution in [3.05, 3.63) is 0 Å². The normalized spacial score (nSPS) is 28.0. The predicted molar refractivity (Wildman–Crippen MR) is 36.3 cm³/mol. The van der Waals surface area contributed by atoms with Crippen LogP contribution in [0.25, 0.3) is 0 Å². The van der Waals surface area contributed by atoms with E-state index in [0.717, 1.165) is 6.54 Å². The van der Waals surface area contributed by atoms with Gasteiger partial charge in [0.15, 0.2) is 0 Å². The highest BCUT2D eigenvalue weighted by Gasteiger charge is 2.23. The molecule has 3 heteroatoms. The minimum atomic E-state index is -0.179. The van der Waals surface area contributed by atoms with Crippen LogP contribution in [0.2, 0.25) is 0 Å². The van der Waals surface area contributed by atoms with Gasteiger partial charge < -0.3 is 0 Å². The third-order valence-electron chi connectivity index (χ3n) is 1.85. The van der Waals surface area contributed by atoms with Gasteiger partial charge >= 0.3 is 0 Å². The van der Waals surface area contributed by atoms with Gasteiger partial charge in [-0.2, -0.15) is 5.26 Å². The second-order valence-corrected chi connectivity index (χ2v) is 2.62. The van der Waals surface area contributed by atoms with E-state index < -0.39 is 0 Å². The zero-order valence-corrected chi connectivity index (χ0v) is 6.00. The molecule has 1 aliphatic heterocycles. The zero-order chi connectivity index (χ0) is 7.56. The van der Waals surface area contributed by atoms with Gasteiger partial charge in [0.05, 0.1) is 6.07 Å². The minimum Gasteiger partial charge on any atom is -0.300 e. The largest absolute Gasteiger partial charge is 0.300 e. The third-order valence-corrected chi connectivity index (χ3v) is 1.85. The summed E-state index contributed by atoms with van der Waals surface area (Å²) in [5.41, 5.74) is 0. The maximum atomic E-state index is 10.8. The molecule has 3 nitrogen and oxygen atoms in total. The van der Waals surface area contributed by atoms with Crippen LogP contribution in [-0.2, 0) is 4.79 Å². The number of carbonyl (C=O) groups is 1. The Morgan fingerprint density at radius 2 is 2.50 bits per heavy atom. The Bertz CT molecular complexity index is 183. The Balaban J connectivity index is 2.56. The van der Waals surface area contributed by atoms with E-state index in [2.05, 4.69) is 6.07 Å². The van der Waals surface area contributed by atoms with Crippen molar-refractivity contribution in [2.45, 2.75) is 18.9 Å². The van der Waals surface area contributed by atoms with Crippen LogP contribution < -0.4 is 0 Å². The maximum Gasteiger partial charge on any atom is 0.136 e. The predicted octanol–water partition coefficient (Wildman–Crippen LogP) is 0.173. The van der Waals surface area contributed by atoms with Crippen molar-refractivity contribution in [3.63, 3.8) is 0 Å². The molecular formula is C7H10N2O. The number of nitriles is 1. The third kappa shape index (κ3) is 1.34. The van der Waals surface area contributed by atoms with Gasteiger partial charge in [0.1, 0.15) is 11.8 Å². The highest BCUT2D eigenvalue weighted by Crippen LogP contribution is 2.10. The molecule has 0 radical (unpaired) electrons. The first kappa shape index (κ1) is 7.23. The van der Waals surface area contributed by atoms with Crippen molar-refractivity contribution in [3.8, 4) is 6.07 Å². The van der Waals surface area contributed by atoms with Crippen molar-refractivity contribution >= 4 is 5.78 Å². The standard InChI is InChI=1S/C7H10N2O/c1-9-3-2-7(10)4-6(9)5-8/h6H,2-4H2,1H3. The monoisotopic (exact) mass is 138 g/mol. The first-order chi connectivity index (χ1) is 4.74. The molecule has 54 valence electrons. The molecule has 1 unspecified atom stereocenters. The van der Waals surface area contributed by atoms with Crippen LogP contribution in [0.5, 0.6) is 0 Å². The van der Waals surface area contributed by atoms with E-state index in [1.54, 1.807) is 0 Å². The van der Waals surface area contributed by atoms with E-state index in [0.29, 0.717) is 12.8 Å². The summed E-state index contributed by atoms with van der Waals surface area (Å²) in [5.74, 6) is 0.213. The van der Waals surface area contributed by atoms with Crippen LogP contribution in [0, 0.1) is 11.3 Å². The van der Waals surface area contributed by atoms with Crippen molar-refractivity contribution in [2.75, 3.05) is 13.6 Å². The highest BCUT2D eigenvalue weighted by atomic mass is 16.1. The maximum absolute atomic E-state index is 10.8. The summed E-state index contributed by atoms with van der Waals surface area (Å²) in [7, 11) is 1.88. The fourth-order valence-corrected chi connectivity index (χ4v) is 1.07. The highest BCUT2D eigenvalue weighted by molar-refractivity contribution is 5.80. The van der Waals surface area contributed by atoms with Gasteiger partial charge in [-0.15, -0.1) is 0 Å². The van der Waals surface area contributed by atoms with Crippen LogP contribution in [0.15, 0.2) is 0 Å². The van der Waals surface area contributed by atoms with E-state index in [4.69, 9.17) is 5.26 Å². The van der Waals surface area contributed by atoms with Crippen molar-refractivity contribution in [1.82, 2.24) is 4.90 Å². The molecule has 0 amide bonds. The van der Waals surface area contributed by atoms with Crippen LogP contribution in [0.1, 0.15) is 12.8 Å². The second-order valence-electron chi connectivity index (χ2n) is 2.62. The average molecular weight is 138 g/mol. The van der Waals surface area contributed by atoms with Gasteiger partial charge in [0.2, 0.25) is 0 Å². The SMILES string of the molecule is CN1CCC(=O)CC1C#N. The fourth-order valence-electron chi connectivity index (χ4n) is 1.07. The molecule has 1 aliphatic rings. The first-order valence-electron chi connectivity index (χ1n) is 3.35. The average Bonchev–Trinajstić information content (AvgIpc) is 1.94. The molecule has 0 aromatic carbocycles. The summed E-state index contributed by atoms with van der Waals surface area (Å²) in [6.45, 7) is 0.733. The van der Waals surface area contributed by atoms with Gasteiger partial charge in [-0.25, -0.2) is 0 Å². The Kier molecular flexibility index (Phi) is 2.03. The summed E-state index contributed by atoms with van der Waals surface area (Å²) in [5, 5.41) is 8.54. The molecule has 0 bridgehead atoms. The number of piperidine rings is 1. The summed E-state index contributed by atoms with van der Waals surface area (Å²) in [4.78, 5) is 12.7. The Morgan fingerprint density at radius 3 is 3.00 bits per heavy atom. The molecule has 0 spiro atoms. The van der Waals surface area contributed by atoms with E-state index in [1.807, 2.05) is 11.9 Å². The summed E-state index contributed by atoms with van der Waals surface area (Å²) in [6.07, 6.45) is 1.02.